The Balaban J connectivity index is 2.51. The van der Waals surface area contributed by atoms with E-state index in [2.05, 4.69) is 5.32 Å². The van der Waals surface area contributed by atoms with E-state index < -0.39 is 23.6 Å². The number of halogens is 2. The van der Waals surface area contributed by atoms with Crippen molar-refractivity contribution in [1.82, 2.24) is 5.32 Å². The minimum absolute atomic E-state index is 0.196. The molecule has 0 aliphatic carbocycles. The van der Waals surface area contributed by atoms with Crippen molar-refractivity contribution in [3.8, 4) is 0 Å². The van der Waals surface area contributed by atoms with Crippen molar-refractivity contribution < 1.29 is 18.4 Å². The molecule has 1 aliphatic rings. The minimum atomic E-state index is -0.836. The van der Waals surface area contributed by atoms with E-state index in [1.54, 1.807) is 13.8 Å². The van der Waals surface area contributed by atoms with E-state index in [-0.39, 0.29) is 24.1 Å². The zero-order valence-corrected chi connectivity index (χ0v) is 10.6. The zero-order valence-electron chi connectivity index (χ0n) is 10.6. The predicted molar refractivity (Wildman–Crippen MR) is 65.5 cm³/mol. The van der Waals surface area contributed by atoms with Crippen molar-refractivity contribution in [2.45, 2.75) is 19.9 Å². The molecule has 4 nitrogen and oxygen atoms in total. The lowest BCUT2D eigenvalue weighted by atomic mass is 9.98. The Hall–Kier alpha value is -1.98. The Bertz CT molecular complexity index is 531. The van der Waals surface area contributed by atoms with Gasteiger partial charge in [0.1, 0.15) is 17.7 Å². The third kappa shape index (κ3) is 2.43. The second kappa shape index (κ2) is 4.95. The highest BCUT2D eigenvalue weighted by atomic mass is 19.1. The molecule has 0 radical (unpaired) electrons. The Morgan fingerprint density at radius 2 is 2.00 bits per heavy atom. The van der Waals surface area contributed by atoms with Crippen molar-refractivity contribution in [2.24, 2.45) is 5.92 Å². The van der Waals surface area contributed by atoms with Crippen LogP contribution in [0.2, 0.25) is 0 Å². The van der Waals surface area contributed by atoms with Crippen LogP contribution in [0.1, 0.15) is 13.8 Å². The summed E-state index contributed by atoms with van der Waals surface area (Å²) in [5, 5.41) is 2.45. The molecular formula is C13H14F2N2O2. The number of carbonyl (C=O) groups excluding carboxylic acids is 2. The summed E-state index contributed by atoms with van der Waals surface area (Å²) in [6.45, 7) is 3.28. The van der Waals surface area contributed by atoms with Crippen LogP contribution in [0.3, 0.4) is 0 Å². The Labute approximate surface area is 109 Å². The van der Waals surface area contributed by atoms with Gasteiger partial charge in [-0.15, -0.1) is 0 Å². The monoisotopic (exact) mass is 268 g/mol. The normalized spacial score (nSPS) is 19.8. The third-order valence-corrected chi connectivity index (χ3v) is 3.03. The molecular weight excluding hydrogens is 254 g/mol. The van der Waals surface area contributed by atoms with Crippen LogP contribution in [0.4, 0.5) is 14.5 Å². The van der Waals surface area contributed by atoms with Gasteiger partial charge in [0.2, 0.25) is 11.8 Å². The molecule has 1 N–H and O–H groups in total. The van der Waals surface area contributed by atoms with Crippen molar-refractivity contribution >= 4 is 17.5 Å². The largest absolute Gasteiger partial charge is 0.345 e. The first-order chi connectivity index (χ1) is 8.91. The number of hydrogen-bond acceptors (Lipinski definition) is 2. The fourth-order valence-corrected chi connectivity index (χ4v) is 2.18. The maximum atomic E-state index is 13.8. The van der Waals surface area contributed by atoms with Crippen LogP contribution in [0, 0.1) is 17.6 Å². The number of hydrogen-bond donors (Lipinski definition) is 1. The van der Waals surface area contributed by atoms with E-state index >= 15 is 0 Å². The van der Waals surface area contributed by atoms with Gasteiger partial charge in [0.25, 0.3) is 0 Å². The summed E-state index contributed by atoms with van der Waals surface area (Å²) >= 11 is 0. The number of carbonyl (C=O) groups is 2. The van der Waals surface area contributed by atoms with Crippen LogP contribution < -0.4 is 10.2 Å². The van der Waals surface area contributed by atoms with E-state index in [1.165, 1.54) is 0 Å². The number of piperazine rings is 1. The summed E-state index contributed by atoms with van der Waals surface area (Å²) in [5.74, 6) is -2.42. The van der Waals surface area contributed by atoms with E-state index in [0.717, 1.165) is 23.1 Å². The second-order valence-electron chi connectivity index (χ2n) is 4.77. The lowest BCUT2D eigenvalue weighted by Crippen LogP contribution is -2.60. The van der Waals surface area contributed by atoms with Gasteiger partial charge >= 0.3 is 0 Å². The molecule has 1 atom stereocenters. The minimum Gasteiger partial charge on any atom is -0.345 e. The van der Waals surface area contributed by atoms with Crippen LogP contribution in [-0.4, -0.2) is 24.4 Å². The average molecular weight is 268 g/mol. The first-order valence-electron chi connectivity index (χ1n) is 5.96. The molecule has 102 valence electrons. The molecule has 1 fully saturated rings. The van der Waals surface area contributed by atoms with E-state index in [9.17, 15) is 18.4 Å². The van der Waals surface area contributed by atoms with Gasteiger partial charge in [0, 0.05) is 6.07 Å². The standard InChI is InChI=1S/C13H14F2N2O2/c1-7(2)12-13(19)16-6-11(18)17(12)10-5-8(14)3-4-9(10)15/h3-5,7,12H,6H2,1-2H3,(H,16,19). The first-order valence-corrected chi connectivity index (χ1v) is 5.96. The molecule has 1 aromatic rings. The van der Waals surface area contributed by atoms with Gasteiger partial charge in [0.05, 0.1) is 12.2 Å². The van der Waals surface area contributed by atoms with Crippen LogP contribution in [0.15, 0.2) is 18.2 Å². The number of nitrogens with zero attached hydrogens (tertiary/aromatic N) is 1. The quantitative estimate of drug-likeness (QED) is 0.882. The number of amides is 2. The third-order valence-electron chi connectivity index (χ3n) is 3.03. The maximum Gasteiger partial charge on any atom is 0.247 e. The summed E-state index contributed by atoms with van der Waals surface area (Å²) in [5.41, 5.74) is -0.196. The van der Waals surface area contributed by atoms with Crippen LogP contribution >= 0.6 is 0 Å². The summed E-state index contributed by atoms with van der Waals surface area (Å²) in [4.78, 5) is 24.8. The highest BCUT2D eigenvalue weighted by Gasteiger charge is 2.38. The van der Waals surface area contributed by atoms with E-state index in [1.807, 2.05) is 0 Å². The molecule has 1 aliphatic heterocycles. The fourth-order valence-electron chi connectivity index (χ4n) is 2.18. The molecule has 6 heteroatoms. The topological polar surface area (TPSA) is 49.4 Å². The van der Waals surface area contributed by atoms with Gasteiger partial charge in [-0.3, -0.25) is 14.5 Å². The van der Waals surface area contributed by atoms with Crippen molar-refractivity contribution in [3.05, 3.63) is 29.8 Å². The summed E-state index contributed by atoms with van der Waals surface area (Å²) < 4.78 is 27.0. The first kappa shape index (κ1) is 13.5. The molecule has 0 bridgehead atoms. The lowest BCUT2D eigenvalue weighted by molar-refractivity contribution is -0.131. The molecule has 0 spiro atoms. The Morgan fingerprint density at radius 1 is 1.32 bits per heavy atom. The van der Waals surface area contributed by atoms with Crippen molar-refractivity contribution in [2.75, 3.05) is 11.4 Å². The average Bonchev–Trinajstić information content (AvgIpc) is 2.34. The van der Waals surface area contributed by atoms with Crippen molar-refractivity contribution in [3.63, 3.8) is 0 Å². The summed E-state index contributed by atoms with van der Waals surface area (Å²) in [6, 6.07) is 2.01. The molecule has 1 heterocycles. The van der Waals surface area contributed by atoms with Gasteiger partial charge in [-0.25, -0.2) is 8.78 Å². The van der Waals surface area contributed by atoms with E-state index in [0.29, 0.717) is 0 Å². The number of anilines is 1. The van der Waals surface area contributed by atoms with Crippen LogP contribution in [0.25, 0.3) is 0 Å². The molecule has 0 saturated carbocycles. The predicted octanol–water partition coefficient (Wildman–Crippen LogP) is 1.45. The van der Waals surface area contributed by atoms with Gasteiger partial charge in [-0.2, -0.15) is 0 Å². The second-order valence-corrected chi connectivity index (χ2v) is 4.77. The van der Waals surface area contributed by atoms with Gasteiger partial charge in [0.15, 0.2) is 0 Å². The molecule has 0 aromatic heterocycles. The van der Waals surface area contributed by atoms with Crippen LogP contribution in [0.5, 0.6) is 0 Å². The SMILES string of the molecule is CC(C)C1C(=O)NCC(=O)N1c1cc(F)ccc1F. The smallest absolute Gasteiger partial charge is 0.247 e. The molecule has 19 heavy (non-hydrogen) atoms. The molecule has 1 saturated heterocycles. The summed E-state index contributed by atoms with van der Waals surface area (Å²) in [6.07, 6.45) is 0. The summed E-state index contributed by atoms with van der Waals surface area (Å²) in [7, 11) is 0. The van der Waals surface area contributed by atoms with Crippen LogP contribution in [-0.2, 0) is 9.59 Å². The van der Waals surface area contributed by atoms with Gasteiger partial charge in [-0.05, 0) is 18.1 Å². The molecule has 2 rings (SSSR count). The lowest BCUT2D eigenvalue weighted by Gasteiger charge is -2.37. The fraction of sp³-hybridized carbons (Fsp3) is 0.385. The molecule has 1 aromatic carbocycles. The Kier molecular flexibility index (Phi) is 3.50. The Morgan fingerprint density at radius 3 is 2.63 bits per heavy atom. The zero-order chi connectivity index (χ0) is 14.2. The highest BCUT2D eigenvalue weighted by molar-refractivity contribution is 6.06. The number of rotatable bonds is 2. The van der Waals surface area contributed by atoms with Crippen molar-refractivity contribution in [1.29, 1.82) is 0 Å². The number of benzene rings is 1. The molecule has 1 unspecified atom stereocenters. The molecule has 2 amide bonds. The van der Waals surface area contributed by atoms with Gasteiger partial charge < -0.3 is 5.32 Å². The number of nitrogens with one attached hydrogen (secondary N) is 1. The highest BCUT2D eigenvalue weighted by Crippen LogP contribution is 2.27. The van der Waals surface area contributed by atoms with E-state index in [4.69, 9.17) is 0 Å². The maximum absolute atomic E-state index is 13.8. The van der Waals surface area contributed by atoms with Gasteiger partial charge in [-0.1, -0.05) is 13.8 Å².